The summed E-state index contributed by atoms with van der Waals surface area (Å²) in [6.45, 7) is 3.37. The number of aromatic nitrogens is 2. The normalized spacial score (nSPS) is 17.3. The molecule has 0 fully saturated rings. The second kappa shape index (κ2) is 5.70. The molecule has 22 heavy (non-hydrogen) atoms. The largest absolute Gasteiger partial charge is 0.365 e. The number of rotatable bonds is 3. The van der Waals surface area contributed by atoms with Crippen LogP contribution in [0, 0.1) is 5.82 Å². The van der Waals surface area contributed by atoms with Gasteiger partial charge in [-0.05, 0) is 24.6 Å². The van der Waals surface area contributed by atoms with Crippen LogP contribution in [0.2, 0.25) is 5.02 Å². The molecule has 1 unspecified atom stereocenters. The molecule has 1 aromatic heterocycles. The van der Waals surface area contributed by atoms with Crippen LogP contribution < -0.4 is 11.1 Å². The summed E-state index contributed by atoms with van der Waals surface area (Å²) in [5.41, 5.74) is 7.71. The summed E-state index contributed by atoms with van der Waals surface area (Å²) in [7, 11) is 0. The molecule has 2 aromatic rings. The first-order chi connectivity index (χ1) is 10.5. The van der Waals surface area contributed by atoms with Crippen molar-refractivity contribution in [2.45, 2.75) is 25.9 Å². The zero-order valence-electron chi connectivity index (χ0n) is 12.1. The molecule has 3 N–H and O–H groups in total. The third-order valence-corrected chi connectivity index (χ3v) is 4.23. The van der Waals surface area contributed by atoms with E-state index >= 15 is 0 Å². The number of benzene rings is 1. The first-order valence-corrected chi connectivity index (χ1v) is 7.48. The molecule has 116 valence electrons. The molecule has 1 amide bonds. The lowest BCUT2D eigenvalue weighted by Gasteiger charge is -2.24. The van der Waals surface area contributed by atoms with Gasteiger partial charge < -0.3 is 11.1 Å². The maximum Gasteiger partial charge on any atom is 0.252 e. The van der Waals surface area contributed by atoms with Gasteiger partial charge in [0.2, 0.25) is 0 Å². The van der Waals surface area contributed by atoms with Crippen molar-refractivity contribution in [1.82, 2.24) is 15.1 Å². The molecule has 1 aromatic carbocycles. The Bertz CT molecular complexity index is 743. The Kier molecular flexibility index (Phi) is 3.88. The molecule has 0 saturated heterocycles. The van der Waals surface area contributed by atoms with E-state index in [1.807, 2.05) is 4.68 Å². The van der Waals surface area contributed by atoms with Gasteiger partial charge in [-0.15, -0.1) is 0 Å². The summed E-state index contributed by atoms with van der Waals surface area (Å²) < 4.78 is 15.2. The number of hydrogen-bond donors (Lipinski definition) is 2. The molecule has 0 spiro atoms. The van der Waals surface area contributed by atoms with E-state index < -0.39 is 11.7 Å². The second-order valence-electron chi connectivity index (χ2n) is 5.30. The van der Waals surface area contributed by atoms with Crippen molar-refractivity contribution in [3.8, 4) is 11.3 Å². The van der Waals surface area contributed by atoms with Crippen molar-refractivity contribution in [2.75, 3.05) is 6.54 Å². The summed E-state index contributed by atoms with van der Waals surface area (Å²) in [6.07, 6.45) is 0.878. The van der Waals surface area contributed by atoms with Crippen LogP contribution in [0.1, 0.15) is 35.4 Å². The SMILES string of the molecule is CCC1CNCc2c(C(N)=O)c(-c3ccc(F)c(Cl)c3)nn21. The quantitative estimate of drug-likeness (QED) is 0.912. The molecule has 1 aliphatic rings. The minimum absolute atomic E-state index is 0.0101. The van der Waals surface area contributed by atoms with Crippen molar-refractivity contribution < 1.29 is 9.18 Å². The number of fused-ring (bicyclic) bond motifs is 1. The van der Waals surface area contributed by atoms with E-state index in [-0.39, 0.29) is 11.1 Å². The Morgan fingerprint density at radius 1 is 1.59 bits per heavy atom. The first-order valence-electron chi connectivity index (χ1n) is 7.10. The Labute approximate surface area is 132 Å². The predicted octanol–water partition coefficient (Wildman–Crippen LogP) is 2.50. The van der Waals surface area contributed by atoms with Gasteiger partial charge in [-0.1, -0.05) is 18.5 Å². The van der Waals surface area contributed by atoms with Gasteiger partial charge >= 0.3 is 0 Å². The molecule has 7 heteroatoms. The minimum atomic E-state index is -0.546. The number of nitrogens with two attached hydrogens (primary N) is 1. The third-order valence-electron chi connectivity index (χ3n) is 3.94. The Hall–Kier alpha value is -1.92. The first kappa shape index (κ1) is 15.0. The Morgan fingerprint density at radius 2 is 2.36 bits per heavy atom. The van der Waals surface area contributed by atoms with E-state index in [0.717, 1.165) is 18.7 Å². The molecular weight excluding hydrogens is 307 g/mol. The number of nitrogens with one attached hydrogen (secondary N) is 1. The van der Waals surface area contributed by atoms with Gasteiger partial charge in [0.05, 0.1) is 22.3 Å². The van der Waals surface area contributed by atoms with Crippen LogP contribution in [-0.2, 0) is 6.54 Å². The van der Waals surface area contributed by atoms with Crippen molar-refractivity contribution >= 4 is 17.5 Å². The third kappa shape index (κ3) is 2.38. The van der Waals surface area contributed by atoms with Gasteiger partial charge in [-0.2, -0.15) is 5.10 Å². The second-order valence-corrected chi connectivity index (χ2v) is 5.71. The average Bonchev–Trinajstić information content (AvgIpc) is 2.89. The monoisotopic (exact) mass is 322 g/mol. The molecule has 0 saturated carbocycles. The predicted molar refractivity (Wildman–Crippen MR) is 82.2 cm³/mol. The van der Waals surface area contributed by atoms with Gasteiger partial charge in [0.15, 0.2) is 0 Å². The summed E-state index contributed by atoms with van der Waals surface area (Å²) >= 11 is 5.84. The van der Waals surface area contributed by atoms with E-state index in [0.29, 0.717) is 23.4 Å². The van der Waals surface area contributed by atoms with Crippen LogP contribution in [0.15, 0.2) is 18.2 Å². The fraction of sp³-hybridized carbons (Fsp3) is 0.333. The highest BCUT2D eigenvalue weighted by atomic mass is 35.5. The highest BCUT2D eigenvalue weighted by molar-refractivity contribution is 6.31. The molecular formula is C15H16ClFN4O. The minimum Gasteiger partial charge on any atom is -0.365 e. The van der Waals surface area contributed by atoms with E-state index in [2.05, 4.69) is 17.3 Å². The number of hydrogen-bond acceptors (Lipinski definition) is 3. The van der Waals surface area contributed by atoms with Gasteiger partial charge in [-0.25, -0.2) is 4.39 Å². The van der Waals surface area contributed by atoms with Crippen molar-refractivity contribution in [1.29, 1.82) is 0 Å². The lowest BCUT2D eigenvalue weighted by Crippen LogP contribution is -2.34. The topological polar surface area (TPSA) is 72.9 Å². The molecule has 0 radical (unpaired) electrons. The molecule has 5 nitrogen and oxygen atoms in total. The highest BCUT2D eigenvalue weighted by Gasteiger charge is 2.28. The van der Waals surface area contributed by atoms with Crippen LogP contribution >= 0.6 is 11.6 Å². The molecule has 1 atom stereocenters. The van der Waals surface area contributed by atoms with Crippen LogP contribution in [0.3, 0.4) is 0 Å². The van der Waals surface area contributed by atoms with Gasteiger partial charge in [0.1, 0.15) is 11.5 Å². The summed E-state index contributed by atoms with van der Waals surface area (Å²) in [5, 5.41) is 7.82. The van der Waals surface area contributed by atoms with Crippen LogP contribution in [-0.4, -0.2) is 22.2 Å². The summed E-state index contributed by atoms with van der Waals surface area (Å²) in [4.78, 5) is 11.9. The number of nitrogens with zero attached hydrogens (tertiary/aromatic N) is 2. The number of halogens is 2. The number of carbonyl (C=O) groups is 1. The number of amides is 1. The lowest BCUT2D eigenvalue weighted by molar-refractivity contribution is 0.0999. The van der Waals surface area contributed by atoms with Gasteiger partial charge in [-0.3, -0.25) is 9.48 Å². The molecule has 2 heterocycles. The summed E-state index contributed by atoms with van der Waals surface area (Å²) in [5.74, 6) is -1.06. The standard InChI is InChI=1S/C15H16ClFN4O/c1-2-9-6-19-7-12-13(15(18)22)14(20-21(9)12)8-3-4-11(17)10(16)5-8/h3-5,9,19H,2,6-7H2,1H3,(H2,18,22). The van der Waals surface area contributed by atoms with Crippen LogP contribution in [0.5, 0.6) is 0 Å². The molecule has 1 aliphatic heterocycles. The molecule has 0 aliphatic carbocycles. The number of carbonyl (C=O) groups excluding carboxylic acids is 1. The van der Waals surface area contributed by atoms with E-state index in [9.17, 15) is 9.18 Å². The maximum atomic E-state index is 13.4. The smallest absolute Gasteiger partial charge is 0.252 e. The Morgan fingerprint density at radius 3 is 3.00 bits per heavy atom. The van der Waals surface area contributed by atoms with E-state index in [1.165, 1.54) is 12.1 Å². The Balaban J connectivity index is 2.21. The lowest BCUT2D eigenvalue weighted by atomic mass is 10.0. The zero-order valence-corrected chi connectivity index (χ0v) is 12.8. The van der Waals surface area contributed by atoms with Crippen LogP contribution in [0.4, 0.5) is 4.39 Å². The molecule has 3 rings (SSSR count). The van der Waals surface area contributed by atoms with Gasteiger partial charge in [0.25, 0.3) is 5.91 Å². The van der Waals surface area contributed by atoms with Gasteiger partial charge in [0, 0.05) is 18.7 Å². The number of primary amides is 1. The van der Waals surface area contributed by atoms with E-state index in [1.54, 1.807) is 6.07 Å². The highest BCUT2D eigenvalue weighted by Crippen LogP contribution is 2.31. The fourth-order valence-corrected chi connectivity index (χ4v) is 2.99. The van der Waals surface area contributed by atoms with Crippen molar-refractivity contribution in [3.05, 3.63) is 40.3 Å². The van der Waals surface area contributed by atoms with E-state index in [4.69, 9.17) is 17.3 Å². The average molecular weight is 323 g/mol. The summed E-state index contributed by atoms with van der Waals surface area (Å²) in [6, 6.07) is 4.44. The van der Waals surface area contributed by atoms with Crippen molar-refractivity contribution in [2.24, 2.45) is 5.73 Å². The van der Waals surface area contributed by atoms with Crippen LogP contribution in [0.25, 0.3) is 11.3 Å². The van der Waals surface area contributed by atoms with Crippen molar-refractivity contribution in [3.63, 3.8) is 0 Å². The zero-order chi connectivity index (χ0) is 15.9. The molecule has 0 bridgehead atoms. The maximum absolute atomic E-state index is 13.4. The fourth-order valence-electron chi connectivity index (χ4n) is 2.81.